The first-order chi connectivity index (χ1) is 8.19. The molecule has 1 fully saturated rings. The van der Waals surface area contributed by atoms with Gasteiger partial charge >= 0.3 is 0 Å². The summed E-state index contributed by atoms with van der Waals surface area (Å²) in [6.45, 7) is 4.39. The van der Waals surface area contributed by atoms with Crippen molar-refractivity contribution < 1.29 is 4.52 Å². The summed E-state index contributed by atoms with van der Waals surface area (Å²) < 4.78 is 5.37. The molecule has 1 unspecified atom stereocenters. The summed E-state index contributed by atoms with van der Waals surface area (Å²) in [7, 11) is 0. The van der Waals surface area contributed by atoms with Crippen LogP contribution in [-0.2, 0) is 6.42 Å². The van der Waals surface area contributed by atoms with Crippen molar-refractivity contribution in [1.29, 1.82) is 0 Å². The highest BCUT2D eigenvalue weighted by Crippen LogP contribution is 2.34. The maximum atomic E-state index is 5.89. The van der Waals surface area contributed by atoms with Crippen LogP contribution in [0.3, 0.4) is 0 Å². The predicted molar refractivity (Wildman–Crippen MR) is 66.6 cm³/mol. The lowest BCUT2D eigenvalue weighted by atomic mass is 9.83. The molecule has 1 heterocycles. The van der Waals surface area contributed by atoms with Crippen LogP contribution >= 0.6 is 0 Å². The Hall–Kier alpha value is -0.900. The summed E-state index contributed by atoms with van der Waals surface area (Å²) in [5.74, 6) is 2.93. The van der Waals surface area contributed by atoms with E-state index in [1.165, 1.54) is 25.7 Å². The Kier molecular flexibility index (Phi) is 4.15. The molecule has 0 radical (unpaired) electrons. The van der Waals surface area contributed by atoms with Gasteiger partial charge in [-0.05, 0) is 38.0 Å². The van der Waals surface area contributed by atoms with E-state index in [1.807, 2.05) is 0 Å². The van der Waals surface area contributed by atoms with E-state index in [4.69, 9.17) is 10.3 Å². The lowest BCUT2D eigenvalue weighted by Crippen LogP contribution is -2.22. The minimum absolute atomic E-state index is 0.145. The fourth-order valence-electron chi connectivity index (χ4n) is 2.40. The largest absolute Gasteiger partial charge is 0.339 e. The summed E-state index contributed by atoms with van der Waals surface area (Å²) >= 11 is 0. The van der Waals surface area contributed by atoms with Gasteiger partial charge in [0.25, 0.3) is 0 Å². The zero-order valence-electron chi connectivity index (χ0n) is 10.9. The van der Waals surface area contributed by atoms with Gasteiger partial charge in [0.15, 0.2) is 5.82 Å². The molecular weight excluding hydrogens is 214 g/mol. The first kappa shape index (κ1) is 12.6. The van der Waals surface area contributed by atoms with Gasteiger partial charge in [-0.1, -0.05) is 19.0 Å². The smallest absolute Gasteiger partial charge is 0.229 e. The van der Waals surface area contributed by atoms with Gasteiger partial charge < -0.3 is 10.3 Å². The van der Waals surface area contributed by atoms with Gasteiger partial charge in [-0.25, -0.2) is 0 Å². The fraction of sp³-hybridized carbons (Fsp3) is 0.846. The van der Waals surface area contributed by atoms with Gasteiger partial charge in [0.2, 0.25) is 5.89 Å². The molecule has 1 aromatic heterocycles. The minimum Gasteiger partial charge on any atom is -0.339 e. The Bertz CT molecular complexity index is 342. The third-order valence-electron chi connectivity index (χ3n) is 3.82. The van der Waals surface area contributed by atoms with Gasteiger partial charge in [0, 0.05) is 18.4 Å². The molecule has 2 rings (SSSR count). The Morgan fingerprint density at radius 3 is 2.71 bits per heavy atom. The average molecular weight is 237 g/mol. The fourth-order valence-corrected chi connectivity index (χ4v) is 2.40. The molecule has 1 saturated carbocycles. The van der Waals surface area contributed by atoms with Crippen LogP contribution in [0.4, 0.5) is 0 Å². The third kappa shape index (κ3) is 3.28. The molecule has 1 atom stereocenters. The summed E-state index contributed by atoms with van der Waals surface area (Å²) in [6.07, 6.45) is 6.59. The highest BCUT2D eigenvalue weighted by Gasteiger charge is 2.24. The molecule has 0 saturated heterocycles. The van der Waals surface area contributed by atoms with Crippen LogP contribution < -0.4 is 5.73 Å². The molecule has 0 amide bonds. The lowest BCUT2D eigenvalue weighted by molar-refractivity contribution is 0.280. The molecule has 4 heteroatoms. The topological polar surface area (TPSA) is 64.9 Å². The summed E-state index contributed by atoms with van der Waals surface area (Å²) in [5, 5.41) is 4.03. The van der Waals surface area contributed by atoms with Crippen LogP contribution in [0.2, 0.25) is 0 Å². The molecule has 4 nitrogen and oxygen atoms in total. The SMILES string of the molecule is CCC(N)Cc1noc(C2CCC(C)CC2)n1. The van der Waals surface area contributed by atoms with E-state index in [-0.39, 0.29) is 6.04 Å². The van der Waals surface area contributed by atoms with Gasteiger partial charge in [-0.15, -0.1) is 0 Å². The predicted octanol–water partition coefficient (Wildman–Crippen LogP) is 2.64. The second-order valence-electron chi connectivity index (χ2n) is 5.38. The molecule has 0 spiro atoms. The standard InChI is InChI=1S/C13H23N3O/c1-3-11(14)8-12-15-13(17-16-12)10-6-4-9(2)5-7-10/h9-11H,3-8,14H2,1-2H3. The first-order valence-electron chi connectivity index (χ1n) is 6.77. The normalized spacial score (nSPS) is 27.0. The molecule has 0 aliphatic heterocycles. The Morgan fingerprint density at radius 2 is 2.06 bits per heavy atom. The number of rotatable bonds is 4. The maximum Gasteiger partial charge on any atom is 0.229 e. The highest BCUT2D eigenvalue weighted by molar-refractivity contribution is 4.97. The van der Waals surface area contributed by atoms with E-state index in [0.717, 1.165) is 30.5 Å². The monoisotopic (exact) mass is 237 g/mol. The Balaban J connectivity index is 1.93. The van der Waals surface area contributed by atoms with Crippen molar-refractivity contribution in [3.8, 4) is 0 Å². The molecule has 1 aromatic rings. The summed E-state index contributed by atoms with van der Waals surface area (Å²) in [5.41, 5.74) is 5.89. The minimum atomic E-state index is 0.145. The number of hydrogen-bond donors (Lipinski definition) is 1. The van der Waals surface area contributed by atoms with Gasteiger partial charge in [-0.3, -0.25) is 0 Å². The van der Waals surface area contributed by atoms with Crippen molar-refractivity contribution in [3.05, 3.63) is 11.7 Å². The Labute approximate surface area is 103 Å². The highest BCUT2D eigenvalue weighted by atomic mass is 16.5. The van der Waals surface area contributed by atoms with Crippen LogP contribution in [0, 0.1) is 5.92 Å². The van der Waals surface area contributed by atoms with E-state index in [2.05, 4.69) is 24.0 Å². The van der Waals surface area contributed by atoms with Crippen LogP contribution in [0.1, 0.15) is 63.6 Å². The molecular formula is C13H23N3O. The average Bonchev–Trinajstić information content (AvgIpc) is 2.78. The molecule has 17 heavy (non-hydrogen) atoms. The van der Waals surface area contributed by atoms with E-state index in [1.54, 1.807) is 0 Å². The lowest BCUT2D eigenvalue weighted by Gasteiger charge is -2.23. The summed E-state index contributed by atoms with van der Waals surface area (Å²) in [6, 6.07) is 0.145. The van der Waals surface area contributed by atoms with Crippen molar-refractivity contribution in [2.45, 2.75) is 64.3 Å². The van der Waals surface area contributed by atoms with E-state index < -0.39 is 0 Å². The van der Waals surface area contributed by atoms with Crippen molar-refractivity contribution >= 4 is 0 Å². The zero-order chi connectivity index (χ0) is 12.3. The molecule has 1 aliphatic carbocycles. The molecule has 1 aliphatic rings. The number of aromatic nitrogens is 2. The molecule has 0 aromatic carbocycles. The van der Waals surface area contributed by atoms with Crippen molar-refractivity contribution in [2.24, 2.45) is 11.7 Å². The summed E-state index contributed by atoms with van der Waals surface area (Å²) in [4.78, 5) is 4.49. The van der Waals surface area contributed by atoms with Crippen molar-refractivity contribution in [3.63, 3.8) is 0 Å². The van der Waals surface area contributed by atoms with Gasteiger partial charge in [0.05, 0.1) is 0 Å². The maximum absolute atomic E-state index is 5.89. The van der Waals surface area contributed by atoms with Crippen LogP contribution in [0.25, 0.3) is 0 Å². The van der Waals surface area contributed by atoms with E-state index >= 15 is 0 Å². The second kappa shape index (κ2) is 5.63. The van der Waals surface area contributed by atoms with Crippen molar-refractivity contribution in [2.75, 3.05) is 0 Å². The van der Waals surface area contributed by atoms with Crippen molar-refractivity contribution in [1.82, 2.24) is 10.1 Å². The van der Waals surface area contributed by atoms with Crippen LogP contribution in [-0.4, -0.2) is 16.2 Å². The quantitative estimate of drug-likeness (QED) is 0.874. The van der Waals surface area contributed by atoms with Crippen LogP contribution in [0.15, 0.2) is 4.52 Å². The van der Waals surface area contributed by atoms with Gasteiger partial charge in [0.1, 0.15) is 0 Å². The number of nitrogens with zero attached hydrogens (tertiary/aromatic N) is 2. The molecule has 0 bridgehead atoms. The first-order valence-corrected chi connectivity index (χ1v) is 6.77. The zero-order valence-corrected chi connectivity index (χ0v) is 10.9. The second-order valence-corrected chi connectivity index (χ2v) is 5.38. The number of nitrogens with two attached hydrogens (primary N) is 1. The van der Waals surface area contributed by atoms with E-state index in [9.17, 15) is 0 Å². The Morgan fingerprint density at radius 1 is 1.35 bits per heavy atom. The third-order valence-corrected chi connectivity index (χ3v) is 3.82. The van der Waals surface area contributed by atoms with Gasteiger partial charge in [-0.2, -0.15) is 4.98 Å². The molecule has 96 valence electrons. The number of hydrogen-bond acceptors (Lipinski definition) is 4. The van der Waals surface area contributed by atoms with Crippen LogP contribution in [0.5, 0.6) is 0 Å². The van der Waals surface area contributed by atoms with E-state index in [0.29, 0.717) is 5.92 Å². The molecule has 2 N–H and O–H groups in total.